The first-order valence-corrected chi connectivity index (χ1v) is 6.49. The summed E-state index contributed by atoms with van der Waals surface area (Å²) in [5.74, 6) is -0.0214. The molecule has 22 heavy (non-hydrogen) atoms. The lowest BCUT2D eigenvalue weighted by molar-refractivity contribution is 0.0401. The molecule has 0 radical (unpaired) electrons. The maximum atomic E-state index is 12.3. The van der Waals surface area contributed by atoms with Gasteiger partial charge in [0.05, 0.1) is 26.0 Å². The van der Waals surface area contributed by atoms with Crippen molar-refractivity contribution in [1.29, 1.82) is 0 Å². The summed E-state index contributed by atoms with van der Waals surface area (Å²) >= 11 is 0. The number of carbonyl (C=O) groups is 1. The molecule has 4 N–H and O–H groups in total. The van der Waals surface area contributed by atoms with Gasteiger partial charge in [0.2, 0.25) is 11.8 Å². The van der Waals surface area contributed by atoms with E-state index in [1.54, 1.807) is 24.3 Å². The largest absolute Gasteiger partial charge is 0.495 e. The van der Waals surface area contributed by atoms with Crippen LogP contribution in [0.3, 0.4) is 0 Å². The number of amides is 1. The Bertz CT molecular complexity index is 643. The normalized spacial score (nSPS) is 10.5. The molecule has 0 aliphatic heterocycles. The van der Waals surface area contributed by atoms with E-state index in [2.05, 4.69) is 15.4 Å². The van der Waals surface area contributed by atoms with Gasteiger partial charge in [-0.2, -0.15) is 4.98 Å². The van der Waals surface area contributed by atoms with Crippen LogP contribution in [-0.4, -0.2) is 46.1 Å². The maximum Gasteiger partial charge on any atom is 0.293 e. The van der Waals surface area contributed by atoms with Gasteiger partial charge in [0, 0.05) is 0 Å². The fourth-order valence-corrected chi connectivity index (χ4v) is 1.76. The van der Waals surface area contributed by atoms with E-state index in [0.29, 0.717) is 11.4 Å². The molecule has 9 heteroatoms. The highest BCUT2D eigenvalue weighted by Gasteiger charge is 2.18. The first-order valence-electron chi connectivity index (χ1n) is 6.49. The van der Waals surface area contributed by atoms with Crippen LogP contribution < -0.4 is 15.8 Å². The molecule has 1 amide bonds. The zero-order valence-electron chi connectivity index (χ0n) is 12.0. The number of aromatic nitrogens is 3. The van der Waals surface area contributed by atoms with Crippen molar-refractivity contribution in [3.63, 3.8) is 0 Å². The van der Waals surface area contributed by atoms with Crippen LogP contribution in [0, 0.1) is 0 Å². The Balaban J connectivity index is 2.15. The van der Waals surface area contributed by atoms with Crippen molar-refractivity contribution in [2.75, 3.05) is 31.4 Å². The summed E-state index contributed by atoms with van der Waals surface area (Å²) in [6, 6.07) is 6.97. The minimum atomic E-state index is -0.499. The van der Waals surface area contributed by atoms with Crippen molar-refractivity contribution in [3.05, 3.63) is 30.1 Å². The van der Waals surface area contributed by atoms with Gasteiger partial charge in [0.25, 0.3) is 5.91 Å². The van der Waals surface area contributed by atoms with E-state index in [0.717, 1.165) is 0 Å². The van der Waals surface area contributed by atoms with E-state index in [1.165, 1.54) is 11.8 Å². The van der Waals surface area contributed by atoms with Crippen molar-refractivity contribution in [2.24, 2.45) is 0 Å². The fraction of sp³-hybridized carbons (Fsp3) is 0.308. The second-order valence-electron chi connectivity index (χ2n) is 4.21. The molecule has 0 aliphatic rings. The summed E-state index contributed by atoms with van der Waals surface area (Å²) < 4.78 is 11.5. The molecule has 0 atom stereocenters. The van der Waals surface area contributed by atoms with Crippen molar-refractivity contribution >= 4 is 17.5 Å². The lowest BCUT2D eigenvalue weighted by atomic mass is 10.3. The number of aliphatic hydroxyl groups is 1. The van der Waals surface area contributed by atoms with Gasteiger partial charge >= 0.3 is 0 Å². The molecule has 0 bridgehead atoms. The topological polar surface area (TPSA) is 125 Å². The number of nitrogens with one attached hydrogen (secondary N) is 1. The molecule has 1 aromatic carbocycles. The van der Waals surface area contributed by atoms with Crippen LogP contribution in [0.4, 0.5) is 11.6 Å². The molecule has 2 aromatic rings. The SMILES string of the molecule is COc1ccccc1NC(=O)c1nc(N)nn1COCCO. The molecule has 1 aromatic heterocycles. The molecule has 0 fully saturated rings. The number of ether oxygens (including phenoxy) is 2. The van der Waals surface area contributed by atoms with Crippen LogP contribution in [0.15, 0.2) is 24.3 Å². The van der Waals surface area contributed by atoms with Crippen molar-refractivity contribution in [2.45, 2.75) is 6.73 Å². The van der Waals surface area contributed by atoms with Gasteiger partial charge in [0.1, 0.15) is 12.5 Å². The number of carbonyl (C=O) groups excluding carboxylic acids is 1. The molecule has 0 saturated carbocycles. The van der Waals surface area contributed by atoms with Crippen molar-refractivity contribution < 1.29 is 19.4 Å². The molecule has 2 rings (SSSR count). The number of benzene rings is 1. The van der Waals surface area contributed by atoms with Gasteiger partial charge in [-0.05, 0) is 12.1 Å². The summed E-state index contributed by atoms with van der Waals surface area (Å²) in [6.45, 7) is -0.0559. The standard InChI is InChI=1S/C13H17N5O4/c1-21-10-5-3-2-4-9(10)15-12(20)11-16-13(14)17-18(11)8-22-7-6-19/h2-5,19H,6-8H2,1H3,(H2,14,17)(H,15,20). The molecular weight excluding hydrogens is 290 g/mol. The summed E-state index contributed by atoms with van der Waals surface area (Å²) in [5, 5.41) is 15.2. The van der Waals surface area contributed by atoms with E-state index >= 15 is 0 Å². The van der Waals surface area contributed by atoms with Crippen LogP contribution in [-0.2, 0) is 11.5 Å². The zero-order valence-corrected chi connectivity index (χ0v) is 12.0. The lowest BCUT2D eigenvalue weighted by Crippen LogP contribution is -2.20. The number of para-hydroxylation sites is 2. The van der Waals surface area contributed by atoms with Gasteiger partial charge in [-0.3, -0.25) is 4.79 Å². The lowest BCUT2D eigenvalue weighted by Gasteiger charge is -2.10. The van der Waals surface area contributed by atoms with E-state index in [-0.39, 0.29) is 31.7 Å². The van der Waals surface area contributed by atoms with Crippen molar-refractivity contribution in [3.8, 4) is 5.75 Å². The van der Waals surface area contributed by atoms with Crippen LogP contribution in [0.1, 0.15) is 10.6 Å². The number of aliphatic hydroxyl groups excluding tert-OH is 1. The summed E-state index contributed by atoms with van der Waals surface area (Å²) in [7, 11) is 1.51. The van der Waals surface area contributed by atoms with E-state index < -0.39 is 5.91 Å². The number of rotatable bonds is 7. The Morgan fingerprint density at radius 1 is 1.45 bits per heavy atom. The molecule has 9 nitrogen and oxygen atoms in total. The minimum Gasteiger partial charge on any atom is -0.495 e. The third-order valence-electron chi connectivity index (χ3n) is 2.70. The molecule has 0 unspecified atom stereocenters. The van der Waals surface area contributed by atoms with Crippen LogP contribution in [0.2, 0.25) is 0 Å². The smallest absolute Gasteiger partial charge is 0.293 e. The number of anilines is 2. The molecule has 118 valence electrons. The van der Waals surface area contributed by atoms with Crippen molar-refractivity contribution in [1.82, 2.24) is 14.8 Å². The Morgan fingerprint density at radius 2 is 2.23 bits per heavy atom. The quantitative estimate of drug-likeness (QED) is 0.619. The van der Waals surface area contributed by atoms with Gasteiger partial charge in [-0.25, -0.2) is 4.68 Å². The summed E-state index contributed by atoms with van der Waals surface area (Å²) in [5.41, 5.74) is 6.02. The third kappa shape index (κ3) is 3.71. The molecular formula is C13H17N5O4. The van der Waals surface area contributed by atoms with E-state index in [1.807, 2.05) is 0 Å². The first kappa shape index (κ1) is 15.7. The van der Waals surface area contributed by atoms with Gasteiger partial charge in [0.15, 0.2) is 0 Å². The predicted molar refractivity (Wildman–Crippen MR) is 78.4 cm³/mol. The second-order valence-corrected chi connectivity index (χ2v) is 4.21. The summed E-state index contributed by atoms with van der Waals surface area (Å²) in [6.07, 6.45) is 0. The number of hydrogen-bond donors (Lipinski definition) is 3. The second kappa shape index (κ2) is 7.38. The molecule has 0 saturated heterocycles. The fourth-order valence-electron chi connectivity index (χ4n) is 1.76. The third-order valence-corrected chi connectivity index (χ3v) is 2.70. The van der Waals surface area contributed by atoms with Crippen LogP contribution in [0.25, 0.3) is 0 Å². The monoisotopic (exact) mass is 307 g/mol. The minimum absolute atomic E-state index is 0.00125. The van der Waals surface area contributed by atoms with E-state index in [4.69, 9.17) is 20.3 Å². The highest BCUT2D eigenvalue weighted by atomic mass is 16.5. The summed E-state index contributed by atoms with van der Waals surface area (Å²) in [4.78, 5) is 16.2. The molecule has 0 aliphatic carbocycles. The Kier molecular flexibility index (Phi) is 5.28. The number of hydrogen-bond acceptors (Lipinski definition) is 7. The highest BCUT2D eigenvalue weighted by Crippen LogP contribution is 2.23. The number of nitrogens with two attached hydrogens (primary N) is 1. The number of nitrogens with zero attached hydrogens (tertiary/aromatic N) is 3. The van der Waals surface area contributed by atoms with Crippen LogP contribution >= 0.6 is 0 Å². The van der Waals surface area contributed by atoms with Gasteiger partial charge in [-0.15, -0.1) is 5.10 Å². The maximum absolute atomic E-state index is 12.3. The number of nitrogen functional groups attached to an aromatic ring is 1. The predicted octanol–water partition coefficient (Wildman–Crippen LogP) is 0.0876. The number of methoxy groups -OCH3 is 1. The van der Waals surface area contributed by atoms with E-state index in [9.17, 15) is 4.79 Å². The Hall–Kier alpha value is -2.65. The van der Waals surface area contributed by atoms with Crippen LogP contribution in [0.5, 0.6) is 5.75 Å². The Labute approximate surface area is 126 Å². The Morgan fingerprint density at radius 3 is 2.95 bits per heavy atom. The highest BCUT2D eigenvalue weighted by molar-refractivity contribution is 6.02. The molecule has 0 spiro atoms. The zero-order chi connectivity index (χ0) is 15.9. The first-order chi connectivity index (χ1) is 10.7. The molecule has 1 heterocycles. The van der Waals surface area contributed by atoms with Gasteiger partial charge in [-0.1, -0.05) is 12.1 Å². The van der Waals surface area contributed by atoms with Gasteiger partial charge < -0.3 is 25.6 Å². The average molecular weight is 307 g/mol. The average Bonchev–Trinajstić information content (AvgIpc) is 2.89.